The van der Waals surface area contributed by atoms with Gasteiger partial charge in [-0.25, -0.2) is 0 Å². The summed E-state index contributed by atoms with van der Waals surface area (Å²) in [5.41, 5.74) is 0. The molecule has 2 heterocycles. The Balaban J connectivity index is 0.00000364. The van der Waals surface area contributed by atoms with Crippen LogP contribution in [0.3, 0.4) is 0 Å². The van der Waals surface area contributed by atoms with Crippen LogP contribution in [-0.4, -0.2) is 55.7 Å². The average Bonchev–Trinajstić information content (AvgIpc) is 3.28. The molecule has 0 radical (unpaired) electrons. The lowest BCUT2D eigenvalue weighted by molar-refractivity contribution is -0.147. The van der Waals surface area contributed by atoms with Gasteiger partial charge in [0.05, 0.1) is 25.1 Å². The molecule has 1 fully saturated rings. The molecular formula is C19H33IN4O2S. The van der Waals surface area contributed by atoms with Gasteiger partial charge in [0.15, 0.2) is 5.96 Å². The molecule has 27 heavy (non-hydrogen) atoms. The highest BCUT2D eigenvalue weighted by molar-refractivity contribution is 14.0. The maximum absolute atomic E-state index is 11.7. The van der Waals surface area contributed by atoms with Gasteiger partial charge in [-0.05, 0) is 58.1 Å². The van der Waals surface area contributed by atoms with E-state index < -0.39 is 0 Å². The van der Waals surface area contributed by atoms with Crippen molar-refractivity contribution >= 4 is 47.2 Å². The lowest BCUT2D eigenvalue weighted by Crippen LogP contribution is -2.39. The summed E-state index contributed by atoms with van der Waals surface area (Å²) in [6, 6.07) is 4.64. The number of ether oxygens (including phenoxy) is 1. The van der Waals surface area contributed by atoms with Crippen LogP contribution in [0.2, 0.25) is 0 Å². The molecule has 1 aromatic rings. The predicted octanol–water partition coefficient (Wildman–Crippen LogP) is 3.40. The van der Waals surface area contributed by atoms with E-state index >= 15 is 0 Å². The van der Waals surface area contributed by atoms with Gasteiger partial charge in [0.25, 0.3) is 0 Å². The van der Waals surface area contributed by atoms with Gasteiger partial charge >= 0.3 is 5.97 Å². The minimum atomic E-state index is -0.183. The normalized spacial score (nSPS) is 16.1. The lowest BCUT2D eigenvalue weighted by Gasteiger charge is -2.25. The molecule has 0 bridgehead atoms. The lowest BCUT2D eigenvalue weighted by atomic mass is 10.2. The molecule has 1 aromatic heterocycles. The van der Waals surface area contributed by atoms with Gasteiger partial charge < -0.3 is 15.4 Å². The Kier molecular flexibility index (Phi) is 11.9. The zero-order chi connectivity index (χ0) is 18.8. The summed E-state index contributed by atoms with van der Waals surface area (Å²) in [7, 11) is 0. The summed E-state index contributed by atoms with van der Waals surface area (Å²) in [6.45, 7) is 10.1. The van der Waals surface area contributed by atoms with Gasteiger partial charge in [0.2, 0.25) is 0 Å². The topological polar surface area (TPSA) is 66.0 Å². The molecule has 0 spiro atoms. The summed E-state index contributed by atoms with van der Waals surface area (Å²) in [6.07, 6.45) is 2.80. The minimum absolute atomic E-state index is 0. The number of hydrogen-bond acceptors (Lipinski definition) is 5. The molecule has 1 aliphatic heterocycles. The Bertz CT molecular complexity index is 560. The van der Waals surface area contributed by atoms with Gasteiger partial charge in [0, 0.05) is 18.0 Å². The van der Waals surface area contributed by atoms with Crippen molar-refractivity contribution in [3.05, 3.63) is 22.4 Å². The first-order chi connectivity index (χ1) is 12.6. The molecular weight excluding hydrogens is 475 g/mol. The Labute approximate surface area is 184 Å². The van der Waals surface area contributed by atoms with E-state index in [1.807, 2.05) is 20.8 Å². The van der Waals surface area contributed by atoms with Crippen molar-refractivity contribution in [2.75, 3.05) is 32.7 Å². The second kappa shape index (κ2) is 13.3. The van der Waals surface area contributed by atoms with E-state index in [0.717, 1.165) is 25.6 Å². The Morgan fingerprint density at radius 3 is 2.67 bits per heavy atom. The van der Waals surface area contributed by atoms with Crippen LogP contribution in [0.4, 0.5) is 0 Å². The van der Waals surface area contributed by atoms with Crippen molar-refractivity contribution in [1.82, 2.24) is 15.5 Å². The Hall–Kier alpha value is -0.870. The van der Waals surface area contributed by atoms with E-state index in [-0.39, 0.29) is 36.0 Å². The molecule has 8 heteroatoms. The minimum Gasteiger partial charge on any atom is -0.463 e. The number of halogens is 1. The van der Waals surface area contributed by atoms with Crippen LogP contribution in [0.15, 0.2) is 22.5 Å². The molecule has 1 aliphatic rings. The van der Waals surface area contributed by atoms with Crippen molar-refractivity contribution < 1.29 is 9.53 Å². The summed E-state index contributed by atoms with van der Waals surface area (Å²) in [5, 5.41) is 8.63. The number of carbonyl (C=O) groups excluding carboxylic acids is 1. The zero-order valence-electron chi connectivity index (χ0n) is 16.6. The molecule has 6 nitrogen and oxygen atoms in total. The molecule has 0 saturated carbocycles. The molecule has 0 aliphatic carbocycles. The predicted molar refractivity (Wildman–Crippen MR) is 123 cm³/mol. The third kappa shape index (κ3) is 8.78. The average molecular weight is 508 g/mol. The second-order valence-corrected chi connectivity index (χ2v) is 7.69. The fourth-order valence-corrected chi connectivity index (χ4v) is 3.90. The molecule has 1 saturated heterocycles. The largest absolute Gasteiger partial charge is 0.463 e. The van der Waals surface area contributed by atoms with Gasteiger partial charge in [-0.2, -0.15) is 0 Å². The highest BCUT2D eigenvalue weighted by Gasteiger charge is 2.24. The fourth-order valence-electron chi connectivity index (χ4n) is 3.04. The third-order valence-corrected chi connectivity index (χ3v) is 5.18. The van der Waals surface area contributed by atoms with E-state index in [1.165, 1.54) is 17.7 Å². The van der Waals surface area contributed by atoms with E-state index in [9.17, 15) is 4.79 Å². The van der Waals surface area contributed by atoms with Crippen molar-refractivity contribution in [2.45, 2.75) is 52.2 Å². The third-order valence-electron chi connectivity index (χ3n) is 4.21. The molecule has 154 valence electrons. The van der Waals surface area contributed by atoms with Crippen LogP contribution < -0.4 is 10.6 Å². The van der Waals surface area contributed by atoms with Crippen molar-refractivity contribution in [3.63, 3.8) is 0 Å². The van der Waals surface area contributed by atoms with Crippen molar-refractivity contribution in [3.8, 4) is 0 Å². The maximum Gasteiger partial charge on any atom is 0.307 e. The quantitative estimate of drug-likeness (QED) is 0.232. The molecule has 1 atom stereocenters. The number of rotatable bonds is 9. The van der Waals surface area contributed by atoms with Crippen LogP contribution in [0, 0.1) is 0 Å². The first-order valence-corrected chi connectivity index (χ1v) is 10.5. The molecule has 0 amide bonds. The highest BCUT2D eigenvalue weighted by Crippen LogP contribution is 2.28. The molecule has 2 rings (SSSR count). The maximum atomic E-state index is 11.7. The number of guanidine groups is 1. The van der Waals surface area contributed by atoms with E-state index in [0.29, 0.717) is 25.6 Å². The number of carbonyl (C=O) groups is 1. The summed E-state index contributed by atoms with van der Waals surface area (Å²) >= 11 is 1.80. The first kappa shape index (κ1) is 24.2. The number of esters is 1. The van der Waals surface area contributed by atoms with Gasteiger partial charge in [-0.15, -0.1) is 35.3 Å². The van der Waals surface area contributed by atoms with E-state index in [2.05, 4.69) is 33.0 Å². The Morgan fingerprint density at radius 2 is 2.07 bits per heavy atom. The monoisotopic (exact) mass is 508 g/mol. The summed E-state index contributed by atoms with van der Waals surface area (Å²) in [5.74, 6) is 0.572. The number of thiophene rings is 1. The zero-order valence-corrected chi connectivity index (χ0v) is 19.7. The van der Waals surface area contributed by atoms with Gasteiger partial charge in [0.1, 0.15) is 0 Å². The smallest absolute Gasteiger partial charge is 0.307 e. The number of aliphatic imine (C=N–C) groups is 1. The molecule has 2 N–H and O–H groups in total. The van der Waals surface area contributed by atoms with Crippen molar-refractivity contribution in [2.24, 2.45) is 4.99 Å². The summed E-state index contributed by atoms with van der Waals surface area (Å²) in [4.78, 5) is 20.3. The van der Waals surface area contributed by atoms with Crippen LogP contribution in [0.25, 0.3) is 0 Å². The SMILES string of the molecule is CCNC(=NCC(c1cccs1)N1CCCC1)NCCC(=O)OC(C)C.I. The van der Waals surface area contributed by atoms with E-state index in [4.69, 9.17) is 9.73 Å². The summed E-state index contributed by atoms with van der Waals surface area (Å²) < 4.78 is 5.16. The number of nitrogens with one attached hydrogen (secondary N) is 2. The fraction of sp³-hybridized carbons (Fsp3) is 0.684. The van der Waals surface area contributed by atoms with Crippen LogP contribution in [-0.2, 0) is 9.53 Å². The first-order valence-electron chi connectivity index (χ1n) is 9.59. The number of nitrogens with zero attached hydrogens (tertiary/aromatic N) is 2. The van der Waals surface area contributed by atoms with Gasteiger partial charge in [-0.1, -0.05) is 6.07 Å². The highest BCUT2D eigenvalue weighted by atomic mass is 127. The van der Waals surface area contributed by atoms with Crippen LogP contribution in [0.5, 0.6) is 0 Å². The molecule has 0 aromatic carbocycles. The van der Waals surface area contributed by atoms with Gasteiger partial charge in [-0.3, -0.25) is 14.7 Å². The second-order valence-electron chi connectivity index (χ2n) is 6.71. The van der Waals surface area contributed by atoms with E-state index in [1.54, 1.807) is 11.3 Å². The van der Waals surface area contributed by atoms with Crippen molar-refractivity contribution in [1.29, 1.82) is 0 Å². The van der Waals surface area contributed by atoms with Crippen LogP contribution in [0.1, 0.15) is 51.0 Å². The molecule has 1 unspecified atom stereocenters. The number of likely N-dealkylation sites (tertiary alicyclic amines) is 1. The van der Waals surface area contributed by atoms with Crippen LogP contribution >= 0.6 is 35.3 Å². The standard InChI is InChI=1S/C19H32N4O2S.HI/c1-4-20-19(21-10-9-18(24)25-15(2)3)22-14-16(17-8-7-13-26-17)23-11-5-6-12-23;/h7-8,13,15-16H,4-6,9-12,14H2,1-3H3,(H2,20,21,22);1H. The Morgan fingerprint density at radius 1 is 1.33 bits per heavy atom. The number of hydrogen-bond donors (Lipinski definition) is 2.